The third-order valence-corrected chi connectivity index (χ3v) is 3.83. The monoisotopic (exact) mass is 287 g/mol. The summed E-state index contributed by atoms with van der Waals surface area (Å²) in [5, 5.41) is 3.45. The first kappa shape index (κ1) is 13.9. The number of rotatable bonds is 5. The van der Waals surface area contributed by atoms with Crippen LogP contribution >= 0.6 is 0 Å². The minimum atomic E-state index is 0.151. The molecule has 1 aromatic heterocycles. The molecule has 5 heteroatoms. The van der Waals surface area contributed by atoms with Crippen molar-refractivity contribution in [1.82, 2.24) is 15.3 Å². The fourth-order valence-electron chi connectivity index (χ4n) is 2.68. The van der Waals surface area contributed by atoms with E-state index < -0.39 is 0 Å². The van der Waals surface area contributed by atoms with Gasteiger partial charge < -0.3 is 19.8 Å². The molecule has 5 nitrogen and oxygen atoms in total. The molecule has 2 heterocycles. The van der Waals surface area contributed by atoms with Crippen LogP contribution in [0.4, 0.5) is 0 Å². The molecule has 0 fully saturated rings. The van der Waals surface area contributed by atoms with Gasteiger partial charge in [0.05, 0.1) is 13.2 Å². The summed E-state index contributed by atoms with van der Waals surface area (Å²) in [7, 11) is 1.71. The fourth-order valence-corrected chi connectivity index (χ4v) is 2.68. The van der Waals surface area contributed by atoms with Crippen LogP contribution in [0.3, 0.4) is 0 Å². The van der Waals surface area contributed by atoms with Gasteiger partial charge in [0.1, 0.15) is 23.4 Å². The van der Waals surface area contributed by atoms with Crippen molar-refractivity contribution in [3.8, 4) is 11.5 Å². The van der Waals surface area contributed by atoms with Gasteiger partial charge >= 0.3 is 0 Å². The smallest absolute Gasteiger partial charge is 0.123 e. The normalized spacial score (nSPS) is 18.1. The van der Waals surface area contributed by atoms with Crippen molar-refractivity contribution in [3.63, 3.8) is 0 Å². The van der Waals surface area contributed by atoms with Crippen LogP contribution in [0.2, 0.25) is 0 Å². The highest BCUT2D eigenvalue weighted by atomic mass is 16.5. The van der Waals surface area contributed by atoms with Gasteiger partial charge in [-0.25, -0.2) is 4.98 Å². The number of nitrogens with one attached hydrogen (secondary N) is 2. The summed E-state index contributed by atoms with van der Waals surface area (Å²) in [6.07, 6.45) is 4.79. The number of benzene rings is 1. The maximum atomic E-state index is 5.82. The molecule has 1 aliphatic rings. The minimum Gasteiger partial charge on any atom is -0.496 e. The largest absolute Gasteiger partial charge is 0.496 e. The predicted octanol–water partition coefficient (Wildman–Crippen LogP) is 2.59. The van der Waals surface area contributed by atoms with Crippen LogP contribution in [0.1, 0.15) is 36.8 Å². The highest BCUT2D eigenvalue weighted by molar-refractivity contribution is 5.48. The molecule has 2 unspecified atom stereocenters. The second-order valence-electron chi connectivity index (χ2n) is 5.48. The second kappa shape index (κ2) is 5.77. The maximum absolute atomic E-state index is 5.82. The van der Waals surface area contributed by atoms with Crippen molar-refractivity contribution in [2.45, 2.75) is 39.0 Å². The number of imidazole rings is 1. The van der Waals surface area contributed by atoms with Crippen molar-refractivity contribution in [2.24, 2.45) is 0 Å². The molecule has 2 N–H and O–H groups in total. The molecule has 0 saturated heterocycles. The third-order valence-electron chi connectivity index (χ3n) is 3.83. The van der Waals surface area contributed by atoms with E-state index in [9.17, 15) is 0 Å². The Balaban J connectivity index is 1.74. The second-order valence-corrected chi connectivity index (χ2v) is 5.48. The zero-order chi connectivity index (χ0) is 14.8. The lowest BCUT2D eigenvalue weighted by Crippen LogP contribution is -2.19. The first-order valence-corrected chi connectivity index (χ1v) is 7.26. The SMILES string of the molecule is COc1cc2c(cc1CNC(C)c1ncc[nH]1)OC(C)C2. The number of H-pyrrole nitrogens is 1. The summed E-state index contributed by atoms with van der Waals surface area (Å²) in [5.41, 5.74) is 2.32. The molecular formula is C16H21N3O2. The van der Waals surface area contributed by atoms with Gasteiger partial charge in [-0.05, 0) is 26.0 Å². The molecular weight excluding hydrogens is 266 g/mol. The minimum absolute atomic E-state index is 0.151. The van der Waals surface area contributed by atoms with E-state index in [1.165, 1.54) is 5.56 Å². The van der Waals surface area contributed by atoms with Gasteiger partial charge in [0.25, 0.3) is 0 Å². The number of methoxy groups -OCH3 is 1. The third kappa shape index (κ3) is 2.88. The van der Waals surface area contributed by atoms with Crippen LogP contribution in [0.25, 0.3) is 0 Å². The van der Waals surface area contributed by atoms with Gasteiger partial charge in [-0.1, -0.05) is 0 Å². The Morgan fingerprint density at radius 1 is 1.52 bits per heavy atom. The van der Waals surface area contributed by atoms with E-state index in [1.54, 1.807) is 13.3 Å². The summed E-state index contributed by atoms with van der Waals surface area (Å²) in [4.78, 5) is 7.38. The molecule has 0 saturated carbocycles. The molecule has 0 radical (unpaired) electrons. The van der Waals surface area contributed by atoms with Crippen LogP contribution in [0.5, 0.6) is 11.5 Å². The van der Waals surface area contributed by atoms with E-state index in [4.69, 9.17) is 9.47 Å². The Kier molecular flexibility index (Phi) is 3.84. The zero-order valence-electron chi connectivity index (χ0n) is 12.6. The van der Waals surface area contributed by atoms with Gasteiger partial charge in [0.15, 0.2) is 0 Å². The first-order valence-electron chi connectivity index (χ1n) is 7.26. The Labute approximate surface area is 124 Å². The van der Waals surface area contributed by atoms with Crippen molar-refractivity contribution in [2.75, 3.05) is 7.11 Å². The van der Waals surface area contributed by atoms with Crippen LogP contribution in [-0.4, -0.2) is 23.2 Å². The lowest BCUT2D eigenvalue weighted by atomic mass is 10.1. The van der Waals surface area contributed by atoms with Crippen molar-refractivity contribution < 1.29 is 9.47 Å². The van der Waals surface area contributed by atoms with E-state index in [1.807, 2.05) is 6.20 Å². The number of hydrogen-bond acceptors (Lipinski definition) is 4. The number of nitrogens with zero attached hydrogens (tertiary/aromatic N) is 1. The van der Waals surface area contributed by atoms with E-state index in [2.05, 4.69) is 41.3 Å². The van der Waals surface area contributed by atoms with Crippen LogP contribution < -0.4 is 14.8 Å². The van der Waals surface area contributed by atoms with E-state index in [0.717, 1.165) is 29.3 Å². The molecule has 1 aromatic carbocycles. The van der Waals surface area contributed by atoms with Gasteiger partial charge in [0.2, 0.25) is 0 Å². The molecule has 0 aliphatic carbocycles. The summed E-state index contributed by atoms with van der Waals surface area (Å²) < 4.78 is 11.3. The fraction of sp³-hybridized carbons (Fsp3) is 0.438. The van der Waals surface area contributed by atoms with Gasteiger partial charge in [0, 0.05) is 36.5 Å². The molecule has 2 aromatic rings. The van der Waals surface area contributed by atoms with Gasteiger partial charge in [-0.3, -0.25) is 0 Å². The van der Waals surface area contributed by atoms with Gasteiger partial charge in [-0.2, -0.15) is 0 Å². The highest BCUT2D eigenvalue weighted by Crippen LogP contribution is 2.35. The van der Waals surface area contributed by atoms with Crippen molar-refractivity contribution in [3.05, 3.63) is 41.5 Å². The number of ether oxygens (including phenoxy) is 2. The van der Waals surface area contributed by atoms with Crippen LogP contribution in [0.15, 0.2) is 24.5 Å². The molecule has 0 bridgehead atoms. The summed E-state index contributed by atoms with van der Waals surface area (Å²) >= 11 is 0. The zero-order valence-corrected chi connectivity index (χ0v) is 12.6. The first-order chi connectivity index (χ1) is 10.2. The molecule has 0 spiro atoms. The highest BCUT2D eigenvalue weighted by Gasteiger charge is 2.21. The average Bonchev–Trinajstić information content (AvgIpc) is 3.11. The summed E-state index contributed by atoms with van der Waals surface area (Å²) in [6.45, 7) is 4.87. The van der Waals surface area contributed by atoms with Crippen molar-refractivity contribution >= 4 is 0 Å². The maximum Gasteiger partial charge on any atom is 0.123 e. The average molecular weight is 287 g/mol. The lowest BCUT2D eigenvalue weighted by Gasteiger charge is -2.15. The van der Waals surface area contributed by atoms with E-state index in [-0.39, 0.29) is 12.1 Å². The Bertz CT molecular complexity index is 610. The standard InChI is InChI=1S/C16H21N3O2/c1-10-6-12-7-14(20-3)13(8-15(12)21-10)9-19-11(2)16-17-4-5-18-16/h4-5,7-8,10-11,19H,6,9H2,1-3H3,(H,17,18). The van der Waals surface area contributed by atoms with Crippen molar-refractivity contribution in [1.29, 1.82) is 0 Å². The Morgan fingerprint density at radius 2 is 2.38 bits per heavy atom. The summed E-state index contributed by atoms with van der Waals surface area (Å²) in [5.74, 6) is 2.82. The topological polar surface area (TPSA) is 59.2 Å². The number of hydrogen-bond donors (Lipinski definition) is 2. The van der Waals surface area contributed by atoms with E-state index in [0.29, 0.717) is 6.54 Å². The summed E-state index contributed by atoms with van der Waals surface area (Å²) in [6, 6.07) is 4.32. The molecule has 1 aliphatic heterocycles. The van der Waals surface area contributed by atoms with Gasteiger partial charge in [-0.15, -0.1) is 0 Å². The van der Waals surface area contributed by atoms with Crippen LogP contribution in [-0.2, 0) is 13.0 Å². The number of aromatic nitrogens is 2. The van der Waals surface area contributed by atoms with E-state index >= 15 is 0 Å². The Morgan fingerprint density at radius 3 is 3.10 bits per heavy atom. The molecule has 2 atom stereocenters. The Hall–Kier alpha value is -2.01. The predicted molar refractivity (Wildman–Crippen MR) is 80.6 cm³/mol. The number of aromatic amines is 1. The van der Waals surface area contributed by atoms with Crippen LogP contribution in [0, 0.1) is 0 Å². The molecule has 112 valence electrons. The molecule has 21 heavy (non-hydrogen) atoms. The lowest BCUT2D eigenvalue weighted by molar-refractivity contribution is 0.254. The molecule has 0 amide bonds. The molecule has 3 rings (SSSR count). The quantitative estimate of drug-likeness (QED) is 0.887. The number of fused-ring (bicyclic) bond motifs is 1.